The van der Waals surface area contributed by atoms with Crippen molar-refractivity contribution in [3.05, 3.63) is 23.5 Å². The molecule has 0 aromatic carbocycles. The number of amides is 1. The van der Waals surface area contributed by atoms with Gasteiger partial charge in [-0.15, -0.1) is 0 Å². The highest BCUT2D eigenvalue weighted by atomic mass is 16.5. The topological polar surface area (TPSA) is 88.5 Å². The number of aromatic carboxylic acids is 1. The molecule has 0 aliphatic carbocycles. The van der Waals surface area contributed by atoms with Crippen molar-refractivity contribution in [2.75, 3.05) is 13.2 Å². The van der Waals surface area contributed by atoms with Gasteiger partial charge in [0, 0.05) is 12.2 Å². The predicted molar refractivity (Wildman–Crippen MR) is 69.3 cm³/mol. The van der Waals surface area contributed by atoms with Crippen LogP contribution in [0.3, 0.4) is 0 Å². The molecule has 0 bridgehead atoms. The van der Waals surface area contributed by atoms with E-state index in [0.717, 1.165) is 0 Å². The maximum atomic E-state index is 11.5. The molecular formula is C13H18N2O4. The lowest BCUT2D eigenvalue weighted by molar-refractivity contribution is -0.123. The Morgan fingerprint density at radius 1 is 1.42 bits per heavy atom. The van der Waals surface area contributed by atoms with Crippen LogP contribution in [0.2, 0.25) is 0 Å². The number of carboxylic acid groups (broad SMARTS) is 1. The number of ether oxygens (including phenoxy) is 1. The van der Waals surface area contributed by atoms with Gasteiger partial charge in [0.1, 0.15) is 0 Å². The Balaban J connectivity index is 2.62. The molecule has 1 aromatic rings. The maximum absolute atomic E-state index is 11.5. The number of carboxylic acids is 1. The van der Waals surface area contributed by atoms with Crippen LogP contribution in [0.4, 0.5) is 0 Å². The Bertz CT molecular complexity index is 472. The molecule has 0 saturated heterocycles. The highest BCUT2D eigenvalue weighted by Gasteiger charge is 2.14. The summed E-state index contributed by atoms with van der Waals surface area (Å²) in [5.41, 5.74) is 0.394. The summed E-state index contributed by atoms with van der Waals surface area (Å²) in [5, 5.41) is 11.7. The van der Waals surface area contributed by atoms with Gasteiger partial charge in [-0.1, -0.05) is 13.8 Å². The Labute approximate surface area is 111 Å². The second-order valence-electron chi connectivity index (χ2n) is 4.59. The summed E-state index contributed by atoms with van der Waals surface area (Å²) in [5.74, 6) is -1.02. The normalized spacial score (nSPS) is 10.3. The molecular weight excluding hydrogens is 248 g/mol. The summed E-state index contributed by atoms with van der Waals surface area (Å²) in [6, 6.07) is 3.13. The molecule has 2 N–H and O–H groups in total. The van der Waals surface area contributed by atoms with Crippen molar-refractivity contribution in [2.24, 2.45) is 5.92 Å². The molecule has 1 aromatic heterocycles. The fourth-order valence-electron chi connectivity index (χ4n) is 1.33. The number of carbonyl (C=O) groups excluding carboxylic acids is 1. The van der Waals surface area contributed by atoms with Crippen LogP contribution >= 0.6 is 0 Å². The molecule has 19 heavy (non-hydrogen) atoms. The van der Waals surface area contributed by atoms with Crippen LogP contribution in [0.1, 0.15) is 30.0 Å². The van der Waals surface area contributed by atoms with Gasteiger partial charge in [-0.25, -0.2) is 9.78 Å². The van der Waals surface area contributed by atoms with Crippen molar-refractivity contribution >= 4 is 11.9 Å². The fourth-order valence-corrected chi connectivity index (χ4v) is 1.33. The van der Waals surface area contributed by atoms with Gasteiger partial charge in [-0.05, 0) is 25.0 Å². The summed E-state index contributed by atoms with van der Waals surface area (Å²) in [6.45, 7) is 5.98. The van der Waals surface area contributed by atoms with Crippen molar-refractivity contribution in [1.82, 2.24) is 10.3 Å². The third-order valence-electron chi connectivity index (χ3n) is 2.27. The smallest absolute Gasteiger partial charge is 0.358 e. The monoisotopic (exact) mass is 266 g/mol. The van der Waals surface area contributed by atoms with E-state index in [2.05, 4.69) is 10.3 Å². The molecule has 0 aliphatic heterocycles. The summed E-state index contributed by atoms with van der Waals surface area (Å²) in [7, 11) is 0. The largest absolute Gasteiger partial charge is 0.481 e. The average Bonchev–Trinajstić information content (AvgIpc) is 2.34. The standard InChI is InChI=1S/C13H18N2O4/c1-8(2)6-14-11(16)7-19-10-5-4-9(3)15-12(10)13(17)18/h4-5,8H,6-7H2,1-3H3,(H,14,16)(H,17,18). The van der Waals surface area contributed by atoms with Crippen LogP contribution in [0.25, 0.3) is 0 Å². The van der Waals surface area contributed by atoms with Crippen molar-refractivity contribution in [3.63, 3.8) is 0 Å². The van der Waals surface area contributed by atoms with E-state index in [1.165, 1.54) is 6.07 Å². The van der Waals surface area contributed by atoms with Crippen molar-refractivity contribution in [1.29, 1.82) is 0 Å². The fraction of sp³-hybridized carbons (Fsp3) is 0.462. The summed E-state index contributed by atoms with van der Waals surface area (Å²) >= 11 is 0. The van der Waals surface area contributed by atoms with Crippen LogP contribution < -0.4 is 10.1 Å². The number of aromatic nitrogens is 1. The first-order chi connectivity index (χ1) is 8.90. The number of nitrogens with zero attached hydrogens (tertiary/aromatic N) is 1. The first kappa shape index (κ1) is 14.9. The zero-order valence-electron chi connectivity index (χ0n) is 11.3. The molecule has 0 aliphatic rings. The molecule has 1 heterocycles. The number of rotatable bonds is 6. The van der Waals surface area contributed by atoms with Gasteiger partial charge in [0.2, 0.25) is 0 Å². The van der Waals surface area contributed by atoms with Gasteiger partial charge in [-0.3, -0.25) is 4.79 Å². The van der Waals surface area contributed by atoms with E-state index >= 15 is 0 Å². The Morgan fingerprint density at radius 2 is 2.11 bits per heavy atom. The van der Waals surface area contributed by atoms with Gasteiger partial charge in [-0.2, -0.15) is 0 Å². The van der Waals surface area contributed by atoms with Gasteiger partial charge < -0.3 is 15.2 Å². The molecule has 104 valence electrons. The lowest BCUT2D eigenvalue weighted by Gasteiger charge is -2.10. The second-order valence-corrected chi connectivity index (χ2v) is 4.59. The minimum Gasteiger partial charge on any atom is -0.481 e. The number of hydrogen-bond acceptors (Lipinski definition) is 4. The van der Waals surface area contributed by atoms with E-state index in [1.807, 2.05) is 13.8 Å². The number of carbonyl (C=O) groups is 2. The predicted octanol–water partition coefficient (Wildman–Crippen LogP) is 1.24. The van der Waals surface area contributed by atoms with E-state index in [4.69, 9.17) is 9.84 Å². The Kier molecular flexibility index (Phi) is 5.29. The SMILES string of the molecule is Cc1ccc(OCC(=O)NCC(C)C)c(C(=O)O)n1. The number of hydrogen-bond donors (Lipinski definition) is 2. The van der Waals surface area contributed by atoms with Crippen LogP contribution in [-0.2, 0) is 4.79 Å². The van der Waals surface area contributed by atoms with Crippen molar-refractivity contribution < 1.29 is 19.4 Å². The van der Waals surface area contributed by atoms with Gasteiger partial charge in [0.05, 0.1) is 0 Å². The molecule has 6 heteroatoms. The first-order valence-corrected chi connectivity index (χ1v) is 6.00. The molecule has 1 amide bonds. The van der Waals surface area contributed by atoms with Crippen LogP contribution in [0.15, 0.2) is 12.1 Å². The molecule has 0 radical (unpaired) electrons. The van der Waals surface area contributed by atoms with Crippen LogP contribution in [-0.4, -0.2) is 35.1 Å². The second kappa shape index (κ2) is 6.72. The quantitative estimate of drug-likeness (QED) is 0.808. The van der Waals surface area contributed by atoms with Gasteiger partial charge in [0.25, 0.3) is 5.91 Å². The van der Waals surface area contributed by atoms with Gasteiger partial charge >= 0.3 is 5.97 Å². The van der Waals surface area contributed by atoms with E-state index < -0.39 is 5.97 Å². The van der Waals surface area contributed by atoms with Crippen LogP contribution in [0, 0.1) is 12.8 Å². The van der Waals surface area contributed by atoms with E-state index in [1.54, 1.807) is 13.0 Å². The highest BCUT2D eigenvalue weighted by Crippen LogP contribution is 2.16. The molecule has 0 atom stereocenters. The lowest BCUT2D eigenvalue weighted by Crippen LogP contribution is -2.32. The molecule has 6 nitrogen and oxygen atoms in total. The molecule has 1 rings (SSSR count). The molecule has 0 spiro atoms. The summed E-state index contributed by atoms with van der Waals surface area (Å²) in [4.78, 5) is 26.3. The van der Waals surface area contributed by atoms with E-state index in [9.17, 15) is 9.59 Å². The maximum Gasteiger partial charge on any atom is 0.358 e. The van der Waals surface area contributed by atoms with Gasteiger partial charge in [0.15, 0.2) is 18.1 Å². The molecule has 0 saturated carbocycles. The zero-order valence-corrected chi connectivity index (χ0v) is 11.3. The third-order valence-corrected chi connectivity index (χ3v) is 2.27. The zero-order chi connectivity index (χ0) is 14.4. The Hall–Kier alpha value is -2.11. The average molecular weight is 266 g/mol. The van der Waals surface area contributed by atoms with Crippen molar-refractivity contribution in [3.8, 4) is 5.75 Å². The van der Waals surface area contributed by atoms with E-state index in [0.29, 0.717) is 18.2 Å². The third kappa shape index (κ3) is 4.95. The number of nitrogens with one attached hydrogen (secondary N) is 1. The Morgan fingerprint density at radius 3 is 2.68 bits per heavy atom. The highest BCUT2D eigenvalue weighted by molar-refractivity contribution is 5.88. The molecule has 0 unspecified atom stereocenters. The minimum atomic E-state index is -1.18. The molecule has 0 fully saturated rings. The minimum absolute atomic E-state index is 0.0952. The number of pyridine rings is 1. The van der Waals surface area contributed by atoms with E-state index in [-0.39, 0.29) is 24.0 Å². The summed E-state index contributed by atoms with van der Waals surface area (Å²) < 4.78 is 5.19. The summed E-state index contributed by atoms with van der Waals surface area (Å²) in [6.07, 6.45) is 0. The first-order valence-electron chi connectivity index (χ1n) is 6.00. The van der Waals surface area contributed by atoms with Crippen LogP contribution in [0.5, 0.6) is 5.75 Å². The lowest BCUT2D eigenvalue weighted by atomic mass is 10.2. The number of aryl methyl sites for hydroxylation is 1. The van der Waals surface area contributed by atoms with Crippen molar-refractivity contribution in [2.45, 2.75) is 20.8 Å².